The summed E-state index contributed by atoms with van der Waals surface area (Å²) >= 11 is 0. The summed E-state index contributed by atoms with van der Waals surface area (Å²) in [7, 11) is 0. The van der Waals surface area contributed by atoms with Gasteiger partial charge in [0, 0.05) is 16.7 Å². The van der Waals surface area contributed by atoms with Gasteiger partial charge in [0.25, 0.3) is 0 Å². The molecule has 1 aliphatic rings. The van der Waals surface area contributed by atoms with Gasteiger partial charge in [-0.25, -0.2) is 0 Å². The second-order valence-electron chi connectivity index (χ2n) is 5.22. The number of benzene rings is 2. The maximum absolute atomic E-state index is 12.6. The Kier molecular flexibility index (Phi) is 2.54. The molecule has 1 aliphatic carbocycles. The highest BCUT2D eigenvalue weighted by atomic mass is 16.3. The molecule has 0 fully saturated rings. The maximum Gasteiger partial charge on any atom is 0.198 e. The Labute approximate surface area is 116 Å². The van der Waals surface area contributed by atoms with Crippen LogP contribution in [0.5, 0.6) is 5.75 Å². The van der Waals surface area contributed by atoms with E-state index in [1.165, 1.54) is 6.07 Å². The number of aryl methyl sites for hydroxylation is 1. The molecule has 0 unspecified atom stereocenters. The van der Waals surface area contributed by atoms with E-state index in [0.717, 1.165) is 16.7 Å². The smallest absolute Gasteiger partial charge is 0.198 e. The first-order valence-corrected chi connectivity index (χ1v) is 6.45. The van der Waals surface area contributed by atoms with Crippen molar-refractivity contribution in [3.63, 3.8) is 0 Å². The fourth-order valence-electron chi connectivity index (χ4n) is 2.79. The van der Waals surface area contributed by atoms with Crippen LogP contribution in [0.4, 0.5) is 0 Å². The number of ketones is 2. The van der Waals surface area contributed by atoms with Crippen molar-refractivity contribution in [3.8, 4) is 5.75 Å². The second kappa shape index (κ2) is 4.04. The second-order valence-corrected chi connectivity index (χ2v) is 5.22. The number of carbonyl (C=O) groups is 2. The molecule has 0 radical (unpaired) electrons. The van der Waals surface area contributed by atoms with Crippen LogP contribution in [0.15, 0.2) is 24.3 Å². The number of aromatic hydroxyl groups is 1. The lowest BCUT2D eigenvalue weighted by Gasteiger charge is -2.22. The summed E-state index contributed by atoms with van der Waals surface area (Å²) in [6, 6.07) is 6.35. The normalized spacial score (nSPS) is 13.2. The van der Waals surface area contributed by atoms with Crippen LogP contribution < -0.4 is 0 Å². The van der Waals surface area contributed by atoms with E-state index < -0.39 is 0 Å². The summed E-state index contributed by atoms with van der Waals surface area (Å²) in [6.07, 6.45) is 0. The lowest BCUT2D eigenvalue weighted by molar-refractivity contribution is 0.0976. The summed E-state index contributed by atoms with van der Waals surface area (Å²) < 4.78 is 0. The topological polar surface area (TPSA) is 54.4 Å². The number of fused-ring (bicyclic) bond motifs is 2. The van der Waals surface area contributed by atoms with Crippen LogP contribution >= 0.6 is 0 Å². The van der Waals surface area contributed by atoms with E-state index in [1.807, 2.05) is 20.8 Å². The molecule has 20 heavy (non-hydrogen) atoms. The van der Waals surface area contributed by atoms with Crippen molar-refractivity contribution in [3.05, 3.63) is 63.2 Å². The first-order valence-electron chi connectivity index (χ1n) is 6.45. The predicted octanol–water partition coefficient (Wildman–Crippen LogP) is 3.09. The highest BCUT2D eigenvalue weighted by molar-refractivity contribution is 6.29. The maximum atomic E-state index is 12.6. The first kappa shape index (κ1) is 12.6. The zero-order chi connectivity index (χ0) is 14.6. The molecule has 100 valence electrons. The Balaban J connectivity index is 2.41. The van der Waals surface area contributed by atoms with Gasteiger partial charge in [-0.3, -0.25) is 9.59 Å². The molecule has 3 nitrogen and oxygen atoms in total. The Hall–Kier alpha value is -2.42. The van der Waals surface area contributed by atoms with Gasteiger partial charge in [-0.15, -0.1) is 0 Å². The molecule has 2 aromatic carbocycles. The molecular weight excluding hydrogens is 252 g/mol. The summed E-state index contributed by atoms with van der Waals surface area (Å²) in [5, 5.41) is 9.89. The Morgan fingerprint density at radius 3 is 2.20 bits per heavy atom. The highest BCUT2D eigenvalue weighted by Crippen LogP contribution is 2.35. The van der Waals surface area contributed by atoms with Crippen molar-refractivity contribution in [2.24, 2.45) is 0 Å². The lowest BCUT2D eigenvalue weighted by Crippen LogP contribution is -2.23. The molecule has 0 aliphatic heterocycles. The Morgan fingerprint density at radius 2 is 1.50 bits per heavy atom. The fourth-order valence-corrected chi connectivity index (χ4v) is 2.79. The van der Waals surface area contributed by atoms with Crippen LogP contribution in [0.2, 0.25) is 0 Å². The molecule has 2 aromatic rings. The average molecular weight is 266 g/mol. The Morgan fingerprint density at radius 1 is 0.850 bits per heavy atom. The van der Waals surface area contributed by atoms with Crippen LogP contribution in [0.1, 0.15) is 48.5 Å². The molecule has 3 rings (SSSR count). The molecule has 0 amide bonds. The van der Waals surface area contributed by atoms with Gasteiger partial charge in [-0.1, -0.05) is 12.1 Å². The molecule has 3 heteroatoms. The molecule has 0 aromatic heterocycles. The van der Waals surface area contributed by atoms with E-state index in [2.05, 4.69) is 0 Å². The number of hydrogen-bond donors (Lipinski definition) is 1. The summed E-state index contributed by atoms with van der Waals surface area (Å²) in [5.74, 6) is -0.604. The SMILES string of the molecule is Cc1cc2c(c(C)c1C)C(=O)c1cccc(O)c1C2=O. The van der Waals surface area contributed by atoms with Crippen molar-refractivity contribution in [1.82, 2.24) is 0 Å². The zero-order valence-electron chi connectivity index (χ0n) is 11.6. The minimum Gasteiger partial charge on any atom is -0.507 e. The quantitative estimate of drug-likeness (QED) is 0.680. The van der Waals surface area contributed by atoms with Gasteiger partial charge in [0.05, 0.1) is 5.56 Å². The van der Waals surface area contributed by atoms with E-state index >= 15 is 0 Å². The molecule has 1 N–H and O–H groups in total. The van der Waals surface area contributed by atoms with Crippen molar-refractivity contribution in [1.29, 1.82) is 0 Å². The lowest BCUT2D eigenvalue weighted by atomic mass is 9.79. The largest absolute Gasteiger partial charge is 0.507 e. The van der Waals surface area contributed by atoms with Gasteiger partial charge in [0.1, 0.15) is 5.75 Å². The average Bonchev–Trinajstić information content (AvgIpc) is 2.41. The van der Waals surface area contributed by atoms with Crippen molar-refractivity contribution in [2.45, 2.75) is 20.8 Å². The van der Waals surface area contributed by atoms with Crippen LogP contribution in [0, 0.1) is 20.8 Å². The number of carbonyl (C=O) groups excluding carboxylic acids is 2. The van der Waals surface area contributed by atoms with E-state index in [-0.39, 0.29) is 28.4 Å². The van der Waals surface area contributed by atoms with E-state index in [9.17, 15) is 14.7 Å². The van der Waals surface area contributed by atoms with Crippen LogP contribution in [-0.2, 0) is 0 Å². The number of phenolic OH excluding ortho intramolecular Hbond substituents is 1. The van der Waals surface area contributed by atoms with E-state index in [0.29, 0.717) is 11.1 Å². The standard InChI is InChI=1S/C17H14O3/c1-8-7-12-14(10(3)9(8)2)16(19)11-5-4-6-13(18)15(11)17(12)20/h4-7,18H,1-3H3. The highest BCUT2D eigenvalue weighted by Gasteiger charge is 2.33. The summed E-state index contributed by atoms with van der Waals surface area (Å²) in [4.78, 5) is 25.2. The summed E-state index contributed by atoms with van der Waals surface area (Å²) in [5.41, 5.74) is 4.10. The van der Waals surface area contributed by atoms with Crippen molar-refractivity contribution < 1.29 is 14.7 Å². The summed E-state index contributed by atoms with van der Waals surface area (Å²) in [6.45, 7) is 5.72. The van der Waals surface area contributed by atoms with Crippen LogP contribution in [0.25, 0.3) is 0 Å². The van der Waals surface area contributed by atoms with Gasteiger partial charge < -0.3 is 5.11 Å². The molecule has 0 saturated heterocycles. The molecule has 0 atom stereocenters. The third-order valence-electron chi connectivity index (χ3n) is 4.15. The Bertz CT molecular complexity index is 783. The minimum absolute atomic E-state index is 0.118. The molecule has 0 saturated carbocycles. The monoisotopic (exact) mass is 266 g/mol. The van der Waals surface area contributed by atoms with Gasteiger partial charge in [0.2, 0.25) is 0 Å². The first-order chi connectivity index (χ1) is 9.43. The molecular formula is C17H14O3. The van der Waals surface area contributed by atoms with Crippen molar-refractivity contribution in [2.75, 3.05) is 0 Å². The van der Waals surface area contributed by atoms with Crippen LogP contribution in [0.3, 0.4) is 0 Å². The predicted molar refractivity (Wildman–Crippen MR) is 75.6 cm³/mol. The third kappa shape index (κ3) is 1.46. The molecule has 0 spiro atoms. The number of hydrogen-bond acceptors (Lipinski definition) is 3. The number of rotatable bonds is 0. The fraction of sp³-hybridized carbons (Fsp3) is 0.176. The van der Waals surface area contributed by atoms with E-state index in [4.69, 9.17) is 0 Å². The zero-order valence-corrected chi connectivity index (χ0v) is 11.6. The van der Waals surface area contributed by atoms with Gasteiger partial charge >= 0.3 is 0 Å². The number of phenols is 1. The van der Waals surface area contributed by atoms with Crippen molar-refractivity contribution >= 4 is 11.6 Å². The van der Waals surface area contributed by atoms with Gasteiger partial charge in [-0.05, 0) is 49.6 Å². The third-order valence-corrected chi connectivity index (χ3v) is 4.15. The van der Waals surface area contributed by atoms with E-state index in [1.54, 1.807) is 18.2 Å². The molecule has 0 bridgehead atoms. The van der Waals surface area contributed by atoms with Gasteiger partial charge in [0.15, 0.2) is 11.6 Å². The molecule has 0 heterocycles. The van der Waals surface area contributed by atoms with Crippen LogP contribution in [-0.4, -0.2) is 16.7 Å². The minimum atomic E-state index is -0.279. The van der Waals surface area contributed by atoms with Gasteiger partial charge in [-0.2, -0.15) is 0 Å².